The number of aromatic nitrogens is 1. The molecule has 0 saturated heterocycles. The van der Waals surface area contributed by atoms with Crippen molar-refractivity contribution < 1.29 is 14.3 Å². The highest BCUT2D eigenvalue weighted by atomic mass is 16.5. The van der Waals surface area contributed by atoms with Gasteiger partial charge in [-0.15, -0.1) is 0 Å². The van der Waals surface area contributed by atoms with E-state index in [1.54, 1.807) is 6.07 Å². The van der Waals surface area contributed by atoms with Crippen LogP contribution in [0.5, 0.6) is 5.75 Å². The predicted molar refractivity (Wildman–Crippen MR) is 64.3 cm³/mol. The Kier molecular flexibility index (Phi) is 2.26. The van der Waals surface area contributed by atoms with E-state index in [2.05, 4.69) is 15.6 Å². The molecule has 1 aliphatic heterocycles. The Morgan fingerprint density at radius 1 is 1.56 bits per heavy atom. The van der Waals surface area contributed by atoms with Crippen molar-refractivity contribution in [3.05, 3.63) is 12.3 Å². The van der Waals surface area contributed by atoms with Crippen molar-refractivity contribution in [2.45, 2.75) is 19.8 Å². The Bertz CT molecular complexity index is 537. The highest BCUT2D eigenvalue weighted by molar-refractivity contribution is 5.98. The van der Waals surface area contributed by atoms with E-state index in [9.17, 15) is 9.59 Å². The number of ether oxygens (including phenoxy) is 1. The zero-order valence-electron chi connectivity index (χ0n) is 9.95. The van der Waals surface area contributed by atoms with Gasteiger partial charge in [0.05, 0.1) is 11.9 Å². The first-order chi connectivity index (χ1) is 8.57. The normalized spacial score (nSPS) is 19.3. The molecule has 0 aromatic carbocycles. The number of carbonyl (C=O) groups excluding carboxylic acids is 2. The molecule has 1 saturated carbocycles. The average Bonchev–Trinajstić information content (AvgIpc) is 3.09. The Labute approximate surface area is 104 Å². The van der Waals surface area contributed by atoms with Crippen LogP contribution < -0.4 is 15.4 Å². The molecule has 2 aliphatic rings. The summed E-state index contributed by atoms with van der Waals surface area (Å²) in [7, 11) is 0. The van der Waals surface area contributed by atoms with Crippen LogP contribution in [0, 0.1) is 5.41 Å². The maximum absolute atomic E-state index is 11.9. The Morgan fingerprint density at radius 2 is 2.33 bits per heavy atom. The summed E-state index contributed by atoms with van der Waals surface area (Å²) in [6.07, 6.45) is 3.35. The van der Waals surface area contributed by atoms with Crippen molar-refractivity contribution in [2.24, 2.45) is 5.41 Å². The van der Waals surface area contributed by atoms with Gasteiger partial charge in [0.1, 0.15) is 0 Å². The van der Waals surface area contributed by atoms with Gasteiger partial charge >= 0.3 is 0 Å². The van der Waals surface area contributed by atoms with Crippen LogP contribution in [0.1, 0.15) is 19.8 Å². The van der Waals surface area contributed by atoms with E-state index >= 15 is 0 Å². The number of rotatable bonds is 2. The lowest BCUT2D eigenvalue weighted by Gasteiger charge is -2.18. The number of amides is 2. The molecule has 6 heteroatoms. The zero-order valence-corrected chi connectivity index (χ0v) is 9.95. The minimum atomic E-state index is -0.231. The molecule has 1 aromatic rings. The van der Waals surface area contributed by atoms with Crippen LogP contribution >= 0.6 is 0 Å². The molecule has 94 valence electrons. The third-order valence-corrected chi connectivity index (χ3v) is 3.28. The first-order valence-electron chi connectivity index (χ1n) is 5.81. The molecule has 1 aromatic heterocycles. The van der Waals surface area contributed by atoms with Gasteiger partial charge in [-0.25, -0.2) is 4.98 Å². The van der Waals surface area contributed by atoms with Gasteiger partial charge < -0.3 is 15.4 Å². The van der Waals surface area contributed by atoms with E-state index in [0.29, 0.717) is 17.3 Å². The number of pyridine rings is 1. The molecule has 2 amide bonds. The third kappa shape index (κ3) is 1.90. The van der Waals surface area contributed by atoms with E-state index in [1.165, 1.54) is 6.20 Å². The summed E-state index contributed by atoms with van der Waals surface area (Å²) in [6.45, 7) is 1.91. The van der Waals surface area contributed by atoms with Crippen LogP contribution in [0.15, 0.2) is 12.3 Å². The molecule has 0 atom stereocenters. The quantitative estimate of drug-likeness (QED) is 0.821. The second kappa shape index (κ2) is 3.69. The smallest absolute Gasteiger partial charge is 0.263 e. The molecule has 0 radical (unpaired) electrons. The van der Waals surface area contributed by atoms with E-state index in [-0.39, 0.29) is 23.8 Å². The molecule has 3 rings (SSSR count). The fraction of sp³-hybridized carbons (Fsp3) is 0.417. The van der Waals surface area contributed by atoms with Crippen LogP contribution in [0.3, 0.4) is 0 Å². The first-order valence-corrected chi connectivity index (χ1v) is 5.81. The molecule has 1 fully saturated rings. The maximum atomic E-state index is 11.9. The number of nitrogens with one attached hydrogen (secondary N) is 2. The minimum Gasteiger partial charge on any atom is -0.480 e. The SMILES string of the molecule is CC1(C(=O)Nc2cnc3c(c2)OCC(=O)N3)CC1. The van der Waals surface area contributed by atoms with Crippen molar-refractivity contribution in [2.75, 3.05) is 17.2 Å². The zero-order chi connectivity index (χ0) is 12.8. The summed E-state index contributed by atoms with van der Waals surface area (Å²) in [4.78, 5) is 27.0. The highest BCUT2D eigenvalue weighted by Gasteiger charge is 2.44. The van der Waals surface area contributed by atoms with Gasteiger partial charge in [-0.1, -0.05) is 6.92 Å². The summed E-state index contributed by atoms with van der Waals surface area (Å²) < 4.78 is 5.23. The number of carbonyl (C=O) groups is 2. The number of hydrogen-bond donors (Lipinski definition) is 2. The van der Waals surface area contributed by atoms with Crippen LogP contribution in [0.2, 0.25) is 0 Å². The topological polar surface area (TPSA) is 80.3 Å². The molecule has 2 N–H and O–H groups in total. The molecule has 6 nitrogen and oxygen atoms in total. The highest BCUT2D eigenvalue weighted by Crippen LogP contribution is 2.45. The lowest BCUT2D eigenvalue weighted by molar-refractivity contribution is -0.120. The second-order valence-electron chi connectivity index (χ2n) is 4.92. The lowest BCUT2D eigenvalue weighted by atomic mass is 10.1. The van der Waals surface area contributed by atoms with Gasteiger partial charge in [0.2, 0.25) is 5.91 Å². The Hall–Kier alpha value is -2.11. The standard InChI is InChI=1S/C12H13N3O3/c1-12(2-3-12)11(17)14-7-4-8-10(13-5-7)15-9(16)6-18-8/h4-5H,2-3,6H2,1H3,(H,14,17)(H,13,15,16). The van der Waals surface area contributed by atoms with Gasteiger partial charge in [-0.05, 0) is 12.8 Å². The van der Waals surface area contributed by atoms with Crippen molar-refractivity contribution in [1.29, 1.82) is 0 Å². The molecule has 0 unspecified atom stereocenters. The van der Waals surface area contributed by atoms with Crippen LogP contribution in [0.25, 0.3) is 0 Å². The van der Waals surface area contributed by atoms with Crippen molar-refractivity contribution in [1.82, 2.24) is 4.98 Å². The molecule has 1 aliphatic carbocycles. The Balaban J connectivity index is 1.78. The van der Waals surface area contributed by atoms with Gasteiger partial charge in [0, 0.05) is 11.5 Å². The number of anilines is 2. The van der Waals surface area contributed by atoms with Gasteiger partial charge in [-0.3, -0.25) is 9.59 Å². The molecule has 2 heterocycles. The largest absolute Gasteiger partial charge is 0.480 e. The maximum Gasteiger partial charge on any atom is 0.263 e. The van der Waals surface area contributed by atoms with E-state index in [1.807, 2.05) is 6.92 Å². The fourth-order valence-electron chi connectivity index (χ4n) is 1.72. The summed E-state index contributed by atoms with van der Waals surface area (Å²) >= 11 is 0. The van der Waals surface area contributed by atoms with Gasteiger partial charge in [0.25, 0.3) is 5.91 Å². The average molecular weight is 247 g/mol. The van der Waals surface area contributed by atoms with Crippen molar-refractivity contribution in [3.8, 4) is 5.75 Å². The minimum absolute atomic E-state index is 0.00379. The fourth-order valence-corrected chi connectivity index (χ4v) is 1.72. The molecular formula is C12H13N3O3. The molecule has 0 spiro atoms. The van der Waals surface area contributed by atoms with Crippen LogP contribution in [-0.2, 0) is 9.59 Å². The lowest BCUT2D eigenvalue weighted by Crippen LogP contribution is -2.26. The third-order valence-electron chi connectivity index (χ3n) is 3.28. The number of fused-ring (bicyclic) bond motifs is 1. The summed E-state index contributed by atoms with van der Waals surface area (Å²) in [5.41, 5.74) is 0.355. The predicted octanol–water partition coefficient (Wildman–Crippen LogP) is 1.15. The number of nitrogens with zero attached hydrogens (tertiary/aromatic N) is 1. The molecule has 0 bridgehead atoms. The van der Waals surface area contributed by atoms with E-state index < -0.39 is 0 Å². The summed E-state index contributed by atoms with van der Waals surface area (Å²) in [5.74, 6) is 0.650. The summed E-state index contributed by atoms with van der Waals surface area (Å²) in [6, 6.07) is 1.67. The summed E-state index contributed by atoms with van der Waals surface area (Å²) in [5, 5.41) is 5.41. The van der Waals surface area contributed by atoms with Crippen molar-refractivity contribution in [3.63, 3.8) is 0 Å². The number of hydrogen-bond acceptors (Lipinski definition) is 4. The van der Waals surface area contributed by atoms with E-state index in [0.717, 1.165) is 12.8 Å². The molecular weight excluding hydrogens is 234 g/mol. The van der Waals surface area contributed by atoms with Gasteiger partial charge in [-0.2, -0.15) is 0 Å². The monoisotopic (exact) mass is 247 g/mol. The van der Waals surface area contributed by atoms with Gasteiger partial charge in [0.15, 0.2) is 18.2 Å². The molecule has 18 heavy (non-hydrogen) atoms. The van der Waals surface area contributed by atoms with Crippen LogP contribution in [-0.4, -0.2) is 23.4 Å². The van der Waals surface area contributed by atoms with Crippen molar-refractivity contribution >= 4 is 23.3 Å². The Morgan fingerprint density at radius 3 is 3.06 bits per heavy atom. The first kappa shape index (κ1) is 11.0. The van der Waals surface area contributed by atoms with Crippen LogP contribution in [0.4, 0.5) is 11.5 Å². The van der Waals surface area contributed by atoms with E-state index in [4.69, 9.17) is 4.74 Å². The second-order valence-corrected chi connectivity index (χ2v) is 4.92.